The maximum atomic E-state index is 11.1. The van der Waals surface area contributed by atoms with Gasteiger partial charge < -0.3 is 0 Å². The number of nitrogens with zero attached hydrogens (tertiary/aromatic N) is 2. The molecule has 1 aromatic rings. The third kappa shape index (κ3) is 2.81. The molecule has 0 aromatic heterocycles. The molecule has 0 bridgehead atoms. The molecule has 0 aliphatic rings. The van der Waals surface area contributed by atoms with Crippen molar-refractivity contribution in [2.24, 2.45) is 0 Å². The first-order chi connectivity index (χ1) is 7.06. The highest BCUT2D eigenvalue weighted by Crippen LogP contribution is 2.22. The zero-order valence-electron chi connectivity index (χ0n) is 7.39. The highest BCUT2D eigenvalue weighted by Gasteiger charge is 2.14. The summed E-state index contributed by atoms with van der Waals surface area (Å²) in [7, 11) is 0. The Morgan fingerprint density at radius 3 is 2.73 bits per heavy atom. The highest BCUT2D eigenvalue weighted by molar-refractivity contribution is 6.42. The molecular weight excluding hydrogens is 243 g/mol. The van der Waals surface area contributed by atoms with E-state index in [9.17, 15) is 14.9 Å². The number of rotatable bonds is 3. The number of hydrogen-bond acceptors (Lipinski definition) is 3. The van der Waals surface area contributed by atoms with Gasteiger partial charge in [-0.05, 0) is 6.07 Å². The fraction of sp³-hybridized carbons (Fsp3) is 0.125. The lowest BCUT2D eigenvalue weighted by Gasteiger charge is -2.11. The van der Waals surface area contributed by atoms with Crippen molar-refractivity contribution in [2.45, 2.75) is 0 Å². The van der Waals surface area contributed by atoms with Crippen LogP contribution in [0.3, 0.4) is 0 Å². The Hall–Kier alpha value is -1.33. The maximum absolute atomic E-state index is 11.1. The van der Waals surface area contributed by atoms with Gasteiger partial charge >= 0.3 is 0 Å². The van der Waals surface area contributed by atoms with Crippen LogP contribution in [0.25, 0.3) is 0 Å². The number of nitro groups is 1. The van der Waals surface area contributed by atoms with Crippen LogP contribution in [-0.4, -0.2) is 16.7 Å². The first-order valence-corrected chi connectivity index (χ1v) is 4.72. The Balaban J connectivity index is 3.00. The number of benzene rings is 1. The standard InChI is InChI=1S/C8H6Cl2N2O3/c9-5-8(13)11(10)6-2-1-3-7(4-6)12(14)15/h1-4H,5H2. The van der Waals surface area contributed by atoms with Gasteiger partial charge in [0.05, 0.1) is 10.6 Å². The van der Waals surface area contributed by atoms with Crippen molar-refractivity contribution in [2.75, 3.05) is 10.3 Å². The smallest absolute Gasteiger partial charge is 0.271 e. The lowest BCUT2D eigenvalue weighted by atomic mass is 10.3. The van der Waals surface area contributed by atoms with Crippen molar-refractivity contribution in [1.29, 1.82) is 0 Å². The van der Waals surface area contributed by atoms with Crippen LogP contribution in [0.1, 0.15) is 0 Å². The van der Waals surface area contributed by atoms with E-state index in [-0.39, 0.29) is 17.3 Å². The van der Waals surface area contributed by atoms with Crippen LogP contribution in [-0.2, 0) is 4.79 Å². The first kappa shape index (κ1) is 11.7. The van der Waals surface area contributed by atoms with Crippen molar-refractivity contribution in [3.63, 3.8) is 0 Å². The maximum Gasteiger partial charge on any atom is 0.271 e. The monoisotopic (exact) mass is 248 g/mol. The molecule has 0 N–H and O–H groups in total. The minimum Gasteiger partial charge on any atom is -0.272 e. The van der Waals surface area contributed by atoms with Crippen LogP contribution in [0.5, 0.6) is 0 Å². The summed E-state index contributed by atoms with van der Waals surface area (Å²) in [6.45, 7) is 0. The molecule has 0 atom stereocenters. The SMILES string of the molecule is O=C(CCl)N(Cl)c1cccc([N+](=O)[O-])c1. The zero-order chi connectivity index (χ0) is 11.4. The second-order valence-corrected chi connectivity index (χ2v) is 3.19. The molecule has 7 heteroatoms. The van der Waals surface area contributed by atoms with E-state index >= 15 is 0 Å². The van der Waals surface area contributed by atoms with Crippen molar-refractivity contribution in [1.82, 2.24) is 0 Å². The molecule has 5 nitrogen and oxygen atoms in total. The van der Waals surface area contributed by atoms with Gasteiger partial charge in [-0.2, -0.15) is 0 Å². The molecule has 0 spiro atoms. The van der Waals surface area contributed by atoms with Gasteiger partial charge in [0, 0.05) is 23.9 Å². The average molecular weight is 249 g/mol. The quantitative estimate of drug-likeness (QED) is 0.357. The first-order valence-electron chi connectivity index (χ1n) is 3.85. The number of carbonyl (C=O) groups excluding carboxylic acids is 1. The largest absolute Gasteiger partial charge is 0.272 e. The number of carbonyl (C=O) groups is 1. The van der Waals surface area contributed by atoms with Gasteiger partial charge in [-0.3, -0.25) is 14.9 Å². The van der Waals surface area contributed by atoms with Crippen molar-refractivity contribution >= 4 is 40.7 Å². The Labute approximate surface area is 95.5 Å². The molecule has 1 aromatic carbocycles. The summed E-state index contributed by atoms with van der Waals surface area (Å²) in [4.78, 5) is 21.0. The van der Waals surface area contributed by atoms with Crippen LogP contribution in [0, 0.1) is 10.1 Å². The minimum absolute atomic E-state index is 0.138. The number of alkyl halides is 1. The van der Waals surface area contributed by atoms with E-state index in [1.165, 1.54) is 24.3 Å². The molecule has 0 radical (unpaired) electrons. The molecule has 80 valence electrons. The van der Waals surface area contributed by atoms with Crippen molar-refractivity contribution in [3.8, 4) is 0 Å². The zero-order valence-corrected chi connectivity index (χ0v) is 8.90. The Morgan fingerprint density at radius 2 is 2.20 bits per heavy atom. The number of anilines is 1. The van der Waals surface area contributed by atoms with E-state index < -0.39 is 10.8 Å². The van der Waals surface area contributed by atoms with E-state index in [2.05, 4.69) is 0 Å². The lowest BCUT2D eigenvalue weighted by Crippen LogP contribution is -2.21. The molecule has 0 unspecified atom stereocenters. The molecule has 0 aliphatic heterocycles. The van der Waals surface area contributed by atoms with Gasteiger partial charge in [-0.1, -0.05) is 6.07 Å². The van der Waals surface area contributed by atoms with E-state index in [4.69, 9.17) is 23.4 Å². The van der Waals surface area contributed by atoms with Gasteiger partial charge in [-0.25, -0.2) is 4.42 Å². The second-order valence-electron chi connectivity index (χ2n) is 2.59. The Morgan fingerprint density at radius 1 is 1.53 bits per heavy atom. The number of amides is 1. The van der Waals surface area contributed by atoms with Crippen LogP contribution in [0.4, 0.5) is 11.4 Å². The van der Waals surface area contributed by atoms with Gasteiger partial charge in [0.2, 0.25) is 0 Å². The fourth-order valence-corrected chi connectivity index (χ4v) is 1.27. The Kier molecular flexibility index (Phi) is 3.88. The lowest BCUT2D eigenvalue weighted by molar-refractivity contribution is -0.384. The number of hydrogen-bond donors (Lipinski definition) is 0. The molecule has 15 heavy (non-hydrogen) atoms. The van der Waals surface area contributed by atoms with Crippen molar-refractivity contribution in [3.05, 3.63) is 34.4 Å². The Bertz CT molecular complexity index is 397. The fourth-order valence-electron chi connectivity index (χ4n) is 0.925. The van der Waals surface area contributed by atoms with E-state index in [1.54, 1.807) is 0 Å². The number of nitro benzene ring substituents is 1. The van der Waals surface area contributed by atoms with E-state index in [0.29, 0.717) is 0 Å². The van der Waals surface area contributed by atoms with Crippen LogP contribution < -0.4 is 4.42 Å². The summed E-state index contributed by atoms with van der Waals surface area (Å²) in [5.74, 6) is -0.828. The summed E-state index contributed by atoms with van der Waals surface area (Å²) < 4.78 is 0.750. The molecule has 1 rings (SSSR count). The summed E-state index contributed by atoms with van der Waals surface area (Å²) in [6, 6.07) is 5.41. The van der Waals surface area contributed by atoms with E-state index in [1.807, 2.05) is 0 Å². The van der Waals surface area contributed by atoms with Gasteiger partial charge in [0.15, 0.2) is 0 Å². The molecule has 0 fully saturated rings. The third-order valence-corrected chi connectivity index (χ3v) is 2.21. The second kappa shape index (κ2) is 4.95. The number of halogens is 2. The van der Waals surface area contributed by atoms with E-state index in [0.717, 1.165) is 4.42 Å². The average Bonchev–Trinajstić information content (AvgIpc) is 2.27. The highest BCUT2D eigenvalue weighted by atomic mass is 35.5. The molecule has 0 saturated carbocycles. The molecule has 1 amide bonds. The van der Waals surface area contributed by atoms with Crippen molar-refractivity contribution < 1.29 is 9.72 Å². The van der Waals surface area contributed by atoms with Gasteiger partial charge in [-0.15, -0.1) is 11.6 Å². The van der Waals surface area contributed by atoms with Crippen LogP contribution >= 0.6 is 23.4 Å². The molecule has 0 aliphatic carbocycles. The molecule has 0 heterocycles. The summed E-state index contributed by atoms with van der Waals surface area (Å²) in [5, 5.41) is 10.4. The summed E-state index contributed by atoms with van der Waals surface area (Å²) in [6.07, 6.45) is 0. The molecular formula is C8H6Cl2N2O3. The summed E-state index contributed by atoms with van der Waals surface area (Å²) in [5.41, 5.74) is 0.0806. The van der Waals surface area contributed by atoms with Gasteiger partial charge in [0.1, 0.15) is 5.88 Å². The van der Waals surface area contributed by atoms with Crippen LogP contribution in [0.2, 0.25) is 0 Å². The predicted octanol–water partition coefficient (Wildman–Crippen LogP) is 2.32. The van der Waals surface area contributed by atoms with Gasteiger partial charge in [0.25, 0.3) is 11.6 Å². The third-order valence-electron chi connectivity index (χ3n) is 1.60. The predicted molar refractivity (Wildman–Crippen MR) is 57.2 cm³/mol. The number of non-ortho nitro benzene ring substituents is 1. The molecule has 0 saturated heterocycles. The minimum atomic E-state index is -0.570. The van der Waals surface area contributed by atoms with Crippen LogP contribution in [0.15, 0.2) is 24.3 Å². The topological polar surface area (TPSA) is 63.5 Å². The normalized spacial score (nSPS) is 9.73. The summed E-state index contributed by atoms with van der Waals surface area (Å²) >= 11 is 10.9.